The molecule has 0 aliphatic rings. The van der Waals surface area contributed by atoms with E-state index >= 15 is 0 Å². The molecule has 2 amide bonds. The van der Waals surface area contributed by atoms with Crippen LogP contribution in [0.5, 0.6) is 0 Å². The van der Waals surface area contributed by atoms with Gasteiger partial charge in [0.05, 0.1) is 12.2 Å². The van der Waals surface area contributed by atoms with Crippen LogP contribution in [0.2, 0.25) is 5.02 Å². The zero-order valence-electron chi connectivity index (χ0n) is 14.2. The second kappa shape index (κ2) is 9.08. The van der Waals surface area contributed by atoms with Crippen molar-refractivity contribution >= 4 is 35.0 Å². The van der Waals surface area contributed by atoms with Gasteiger partial charge < -0.3 is 15.4 Å². The molecule has 2 aromatic rings. The van der Waals surface area contributed by atoms with E-state index in [0.29, 0.717) is 34.5 Å². The molecule has 2 rings (SSSR count). The number of urea groups is 1. The lowest BCUT2D eigenvalue weighted by Gasteiger charge is -2.09. The first-order valence-corrected chi connectivity index (χ1v) is 8.42. The standard InChI is InChI=1S/C19H21ClN2O3/c1-13(2)11-12-25-18(23)14-3-7-16(8-4-14)21-19(24)22-17-9-5-15(20)6-10-17/h3-10,13H,11-12H2,1-2H3,(H2,21,22,24). The number of benzene rings is 2. The summed E-state index contributed by atoms with van der Waals surface area (Å²) < 4.78 is 5.20. The Labute approximate surface area is 152 Å². The van der Waals surface area contributed by atoms with Crippen LogP contribution in [0.1, 0.15) is 30.6 Å². The number of carbonyl (C=O) groups is 2. The molecule has 0 aromatic heterocycles. The van der Waals surface area contributed by atoms with Crippen molar-refractivity contribution in [2.45, 2.75) is 20.3 Å². The average molecular weight is 361 g/mol. The molecule has 0 aliphatic heterocycles. The fourth-order valence-corrected chi connectivity index (χ4v) is 2.11. The number of halogens is 1. The van der Waals surface area contributed by atoms with Crippen LogP contribution in [0.25, 0.3) is 0 Å². The number of nitrogens with one attached hydrogen (secondary N) is 2. The Morgan fingerprint density at radius 1 is 0.960 bits per heavy atom. The SMILES string of the molecule is CC(C)CCOC(=O)c1ccc(NC(=O)Nc2ccc(Cl)cc2)cc1. The zero-order chi connectivity index (χ0) is 18.2. The third kappa shape index (κ3) is 6.47. The highest BCUT2D eigenvalue weighted by Gasteiger charge is 2.08. The van der Waals surface area contributed by atoms with Crippen LogP contribution in [-0.2, 0) is 4.74 Å². The number of hydrogen-bond donors (Lipinski definition) is 2. The second-order valence-electron chi connectivity index (χ2n) is 5.98. The van der Waals surface area contributed by atoms with Gasteiger partial charge in [-0.3, -0.25) is 0 Å². The minimum Gasteiger partial charge on any atom is -0.462 e. The van der Waals surface area contributed by atoms with E-state index in [-0.39, 0.29) is 12.0 Å². The summed E-state index contributed by atoms with van der Waals surface area (Å²) in [7, 11) is 0. The number of amides is 2. The van der Waals surface area contributed by atoms with Gasteiger partial charge >= 0.3 is 12.0 Å². The van der Waals surface area contributed by atoms with Gasteiger partial charge in [-0.1, -0.05) is 25.4 Å². The molecule has 0 saturated carbocycles. The Morgan fingerprint density at radius 3 is 2.00 bits per heavy atom. The highest BCUT2D eigenvalue weighted by molar-refractivity contribution is 6.30. The predicted octanol–water partition coefficient (Wildman–Crippen LogP) is 5.19. The van der Waals surface area contributed by atoms with E-state index in [2.05, 4.69) is 24.5 Å². The number of anilines is 2. The van der Waals surface area contributed by atoms with Crippen molar-refractivity contribution in [1.29, 1.82) is 0 Å². The topological polar surface area (TPSA) is 67.4 Å². The average Bonchev–Trinajstić information content (AvgIpc) is 2.57. The van der Waals surface area contributed by atoms with Crippen LogP contribution in [0.15, 0.2) is 48.5 Å². The largest absolute Gasteiger partial charge is 0.462 e. The van der Waals surface area contributed by atoms with E-state index in [9.17, 15) is 9.59 Å². The van der Waals surface area contributed by atoms with Crippen molar-refractivity contribution in [2.75, 3.05) is 17.2 Å². The molecular formula is C19H21ClN2O3. The Bertz CT molecular complexity index is 712. The first kappa shape index (κ1) is 18.8. The fraction of sp³-hybridized carbons (Fsp3) is 0.263. The Balaban J connectivity index is 1.85. The Morgan fingerprint density at radius 2 is 1.48 bits per heavy atom. The summed E-state index contributed by atoms with van der Waals surface area (Å²) in [5.74, 6) is 0.122. The van der Waals surface area contributed by atoms with E-state index in [4.69, 9.17) is 16.3 Å². The minimum atomic E-state index is -0.380. The third-order valence-corrected chi connectivity index (χ3v) is 3.66. The van der Waals surface area contributed by atoms with Crippen LogP contribution in [0.4, 0.5) is 16.2 Å². The van der Waals surface area contributed by atoms with Crippen molar-refractivity contribution in [3.8, 4) is 0 Å². The minimum absolute atomic E-state index is 0.363. The molecule has 0 atom stereocenters. The van der Waals surface area contributed by atoms with Crippen molar-refractivity contribution in [2.24, 2.45) is 5.92 Å². The highest BCUT2D eigenvalue weighted by atomic mass is 35.5. The van der Waals surface area contributed by atoms with Gasteiger partial charge in [-0.25, -0.2) is 9.59 Å². The predicted molar refractivity (Wildman–Crippen MR) is 100 cm³/mol. The van der Waals surface area contributed by atoms with E-state index in [1.165, 1.54) is 0 Å². The van der Waals surface area contributed by atoms with Crippen molar-refractivity contribution in [1.82, 2.24) is 0 Å². The maximum Gasteiger partial charge on any atom is 0.338 e. The Kier molecular flexibility index (Phi) is 6.83. The molecule has 25 heavy (non-hydrogen) atoms. The van der Waals surface area contributed by atoms with E-state index in [1.54, 1.807) is 48.5 Å². The first-order valence-electron chi connectivity index (χ1n) is 8.05. The second-order valence-corrected chi connectivity index (χ2v) is 6.42. The summed E-state index contributed by atoms with van der Waals surface area (Å²) in [6, 6.07) is 13.0. The summed E-state index contributed by atoms with van der Waals surface area (Å²) in [6.45, 7) is 4.55. The molecule has 6 heteroatoms. The van der Waals surface area contributed by atoms with Gasteiger partial charge in [-0.05, 0) is 60.9 Å². The van der Waals surface area contributed by atoms with Gasteiger partial charge in [-0.15, -0.1) is 0 Å². The zero-order valence-corrected chi connectivity index (χ0v) is 15.0. The highest BCUT2D eigenvalue weighted by Crippen LogP contribution is 2.15. The summed E-state index contributed by atoms with van der Waals surface area (Å²) in [5.41, 5.74) is 1.66. The summed E-state index contributed by atoms with van der Waals surface area (Å²) in [5, 5.41) is 5.99. The van der Waals surface area contributed by atoms with E-state index in [1.807, 2.05) is 0 Å². The van der Waals surface area contributed by atoms with Crippen molar-refractivity contribution in [3.05, 3.63) is 59.1 Å². The summed E-state index contributed by atoms with van der Waals surface area (Å²) in [6.07, 6.45) is 0.830. The third-order valence-electron chi connectivity index (χ3n) is 3.41. The summed E-state index contributed by atoms with van der Waals surface area (Å²) >= 11 is 5.80. The lowest BCUT2D eigenvalue weighted by molar-refractivity contribution is 0.0488. The summed E-state index contributed by atoms with van der Waals surface area (Å²) in [4.78, 5) is 23.8. The van der Waals surface area contributed by atoms with Crippen molar-refractivity contribution < 1.29 is 14.3 Å². The van der Waals surface area contributed by atoms with Crippen LogP contribution in [0.3, 0.4) is 0 Å². The molecule has 0 spiro atoms. The molecule has 0 bridgehead atoms. The van der Waals surface area contributed by atoms with Gasteiger partial charge in [0.25, 0.3) is 0 Å². The van der Waals surface area contributed by atoms with Crippen LogP contribution in [0, 0.1) is 5.92 Å². The molecule has 0 heterocycles. The van der Waals surface area contributed by atoms with Crippen molar-refractivity contribution in [3.63, 3.8) is 0 Å². The molecule has 0 unspecified atom stereocenters. The van der Waals surface area contributed by atoms with Crippen LogP contribution >= 0.6 is 11.6 Å². The molecular weight excluding hydrogens is 340 g/mol. The van der Waals surface area contributed by atoms with E-state index in [0.717, 1.165) is 6.42 Å². The lowest BCUT2D eigenvalue weighted by atomic mass is 10.1. The smallest absolute Gasteiger partial charge is 0.338 e. The van der Waals surface area contributed by atoms with Gasteiger partial charge in [-0.2, -0.15) is 0 Å². The normalized spacial score (nSPS) is 10.4. The molecule has 132 valence electrons. The fourth-order valence-electron chi connectivity index (χ4n) is 1.99. The van der Waals surface area contributed by atoms with Crippen LogP contribution in [-0.4, -0.2) is 18.6 Å². The van der Waals surface area contributed by atoms with Gasteiger partial charge in [0, 0.05) is 16.4 Å². The number of rotatable bonds is 6. The molecule has 2 N–H and O–H groups in total. The van der Waals surface area contributed by atoms with Gasteiger partial charge in [0.2, 0.25) is 0 Å². The van der Waals surface area contributed by atoms with E-state index < -0.39 is 0 Å². The van der Waals surface area contributed by atoms with Crippen LogP contribution < -0.4 is 10.6 Å². The quantitative estimate of drug-likeness (QED) is 0.697. The van der Waals surface area contributed by atoms with Gasteiger partial charge in [0.15, 0.2) is 0 Å². The maximum atomic E-state index is 11.9. The Hall–Kier alpha value is -2.53. The maximum absolute atomic E-state index is 11.9. The number of carbonyl (C=O) groups excluding carboxylic acids is 2. The number of hydrogen-bond acceptors (Lipinski definition) is 3. The number of ether oxygens (including phenoxy) is 1. The molecule has 2 aromatic carbocycles. The molecule has 5 nitrogen and oxygen atoms in total. The molecule has 0 saturated heterocycles. The molecule has 0 aliphatic carbocycles. The number of esters is 1. The monoisotopic (exact) mass is 360 g/mol. The molecule has 0 fully saturated rings. The molecule has 0 radical (unpaired) electrons. The lowest BCUT2D eigenvalue weighted by Crippen LogP contribution is -2.19. The van der Waals surface area contributed by atoms with Gasteiger partial charge in [0.1, 0.15) is 0 Å². The first-order chi connectivity index (χ1) is 11.9.